The average Bonchev–Trinajstić information content (AvgIpc) is 2.82. The van der Waals surface area contributed by atoms with Gasteiger partial charge < -0.3 is 0 Å². The molecule has 0 aliphatic carbocycles. The fourth-order valence-electron chi connectivity index (χ4n) is 1.49. The second-order valence-corrected chi connectivity index (χ2v) is 3.77. The van der Waals surface area contributed by atoms with E-state index in [2.05, 4.69) is 15.6 Å². The molecule has 1 aliphatic heterocycles. The van der Waals surface area contributed by atoms with Crippen LogP contribution in [0.3, 0.4) is 0 Å². The largest absolute Gasteiger partial charge is 0.243 e. The van der Waals surface area contributed by atoms with E-state index in [0.29, 0.717) is 5.02 Å². The monoisotopic (exact) mass is 233 g/mol. The zero-order valence-corrected chi connectivity index (χ0v) is 8.96. The first-order valence-electron chi connectivity index (χ1n) is 4.71. The Morgan fingerprint density at radius 2 is 2.25 bits per heavy atom. The molecule has 1 aliphatic rings. The summed E-state index contributed by atoms with van der Waals surface area (Å²) >= 11 is 5.88. The lowest BCUT2D eigenvalue weighted by Gasteiger charge is -2.21. The maximum absolute atomic E-state index is 5.88. The predicted molar refractivity (Wildman–Crippen MR) is 60.3 cm³/mol. The number of imidazole rings is 1. The topological polar surface area (TPSA) is 45.5 Å². The average molecular weight is 234 g/mol. The summed E-state index contributed by atoms with van der Waals surface area (Å²) in [4.78, 5) is 3.97. The Morgan fingerprint density at radius 1 is 1.31 bits per heavy atom. The Kier molecular flexibility index (Phi) is 2.04. The van der Waals surface area contributed by atoms with Crippen LogP contribution in [-0.4, -0.2) is 9.66 Å². The van der Waals surface area contributed by atoms with E-state index in [1.165, 1.54) is 0 Å². The second kappa shape index (κ2) is 3.53. The first kappa shape index (κ1) is 9.23. The van der Waals surface area contributed by atoms with Gasteiger partial charge in [-0.2, -0.15) is 15.8 Å². The van der Waals surface area contributed by atoms with Gasteiger partial charge in [-0.1, -0.05) is 11.6 Å². The van der Waals surface area contributed by atoms with Crippen LogP contribution in [0.15, 0.2) is 42.0 Å². The van der Waals surface area contributed by atoms with Crippen LogP contribution in [0.1, 0.15) is 0 Å². The summed E-state index contributed by atoms with van der Waals surface area (Å²) in [5.41, 5.74) is 2.87. The minimum absolute atomic E-state index is 0.675. The molecule has 0 saturated heterocycles. The van der Waals surface area contributed by atoms with E-state index in [0.717, 1.165) is 10.6 Å². The van der Waals surface area contributed by atoms with Crippen LogP contribution in [0.4, 0.5) is 0 Å². The van der Waals surface area contributed by atoms with E-state index in [-0.39, 0.29) is 0 Å². The third kappa shape index (κ3) is 1.51. The number of nitrogens with zero attached hydrogens (tertiary/aromatic N) is 4. The molecule has 1 N–H and O–H groups in total. The van der Waals surface area contributed by atoms with Crippen molar-refractivity contribution in [1.29, 1.82) is 0 Å². The lowest BCUT2D eigenvalue weighted by molar-refractivity contribution is 0.572. The fourth-order valence-corrected chi connectivity index (χ4v) is 1.65. The lowest BCUT2D eigenvalue weighted by atomic mass is 10.3. The molecule has 0 atom stereocenters. The smallest absolute Gasteiger partial charge is 0.116 e. The second-order valence-electron chi connectivity index (χ2n) is 3.33. The summed E-state index contributed by atoms with van der Waals surface area (Å²) in [6.45, 7) is 0. The van der Waals surface area contributed by atoms with Crippen LogP contribution in [0.5, 0.6) is 0 Å². The van der Waals surface area contributed by atoms with Crippen LogP contribution in [0.25, 0.3) is 6.20 Å². The standard InChI is InChI=1S/C10H8ClN5/c11-9-2-1-8-6-16(14-13-10(8)5-9)15-4-3-12-7-15/h1-7,14H. The first-order chi connectivity index (χ1) is 7.83. The number of halogens is 1. The van der Waals surface area contributed by atoms with Crippen molar-refractivity contribution in [2.24, 2.45) is 5.10 Å². The number of aromatic nitrogens is 2. The van der Waals surface area contributed by atoms with Gasteiger partial charge in [0, 0.05) is 22.6 Å². The SMILES string of the molecule is Clc1ccc2c(c1)=NNN(n1ccnc1)C=2. The van der Waals surface area contributed by atoms with E-state index < -0.39 is 0 Å². The Morgan fingerprint density at radius 3 is 3.06 bits per heavy atom. The highest BCUT2D eigenvalue weighted by Crippen LogP contribution is 2.00. The summed E-state index contributed by atoms with van der Waals surface area (Å²) < 4.78 is 1.78. The quantitative estimate of drug-likeness (QED) is 0.752. The van der Waals surface area contributed by atoms with Crippen molar-refractivity contribution in [3.05, 3.63) is 52.5 Å². The zero-order valence-electron chi connectivity index (χ0n) is 8.21. The Hall–Kier alpha value is -2.01. The molecule has 2 aromatic rings. The molecule has 0 unspecified atom stereocenters. The Bertz CT molecular complexity index is 619. The highest BCUT2D eigenvalue weighted by Gasteiger charge is 2.04. The molecule has 5 nitrogen and oxygen atoms in total. The Balaban J connectivity index is 2.10. The van der Waals surface area contributed by atoms with Gasteiger partial charge in [-0.05, 0) is 18.2 Å². The van der Waals surface area contributed by atoms with Crippen molar-refractivity contribution >= 4 is 17.8 Å². The molecule has 0 radical (unpaired) electrons. The van der Waals surface area contributed by atoms with Gasteiger partial charge in [-0.15, -0.1) is 0 Å². The van der Waals surface area contributed by atoms with Gasteiger partial charge >= 0.3 is 0 Å². The molecule has 80 valence electrons. The van der Waals surface area contributed by atoms with Gasteiger partial charge in [-0.3, -0.25) is 0 Å². The third-order valence-electron chi connectivity index (χ3n) is 2.27. The van der Waals surface area contributed by atoms with E-state index in [4.69, 9.17) is 11.6 Å². The normalized spacial score (nSPS) is 13.4. The van der Waals surface area contributed by atoms with E-state index in [1.54, 1.807) is 22.3 Å². The lowest BCUT2D eigenvalue weighted by Crippen LogP contribution is -2.47. The predicted octanol–water partition coefficient (Wildman–Crippen LogP) is -0.0345. The molecule has 0 amide bonds. The molecule has 3 rings (SSSR count). The van der Waals surface area contributed by atoms with Crippen molar-refractivity contribution in [3.8, 4) is 0 Å². The number of hydrazine groups is 1. The van der Waals surface area contributed by atoms with E-state index in [9.17, 15) is 0 Å². The Labute approximate surface area is 96.2 Å². The van der Waals surface area contributed by atoms with Crippen molar-refractivity contribution in [1.82, 2.24) is 15.2 Å². The van der Waals surface area contributed by atoms with Crippen molar-refractivity contribution < 1.29 is 0 Å². The van der Waals surface area contributed by atoms with Gasteiger partial charge in [-0.25, -0.2) is 9.66 Å². The summed E-state index contributed by atoms with van der Waals surface area (Å²) in [6, 6.07) is 5.57. The van der Waals surface area contributed by atoms with Crippen molar-refractivity contribution in [3.63, 3.8) is 0 Å². The summed E-state index contributed by atoms with van der Waals surface area (Å²) in [6.07, 6.45) is 7.12. The van der Waals surface area contributed by atoms with Gasteiger partial charge in [0.25, 0.3) is 0 Å². The molecule has 1 aromatic heterocycles. The first-order valence-corrected chi connectivity index (χ1v) is 5.09. The number of benzene rings is 1. The maximum atomic E-state index is 5.88. The molecule has 0 fully saturated rings. The molecule has 2 heterocycles. The summed E-state index contributed by atoms with van der Waals surface area (Å²) in [5.74, 6) is 0. The summed E-state index contributed by atoms with van der Waals surface area (Å²) in [7, 11) is 0. The highest BCUT2D eigenvalue weighted by molar-refractivity contribution is 6.30. The van der Waals surface area contributed by atoms with Crippen LogP contribution in [0.2, 0.25) is 5.02 Å². The molecule has 6 heteroatoms. The maximum Gasteiger partial charge on any atom is 0.116 e. The molecular weight excluding hydrogens is 226 g/mol. The number of hydrogen-bond donors (Lipinski definition) is 1. The number of hydrogen-bond acceptors (Lipinski definition) is 4. The van der Waals surface area contributed by atoms with Gasteiger partial charge in [0.15, 0.2) is 0 Å². The van der Waals surface area contributed by atoms with Crippen LogP contribution in [-0.2, 0) is 0 Å². The molecule has 16 heavy (non-hydrogen) atoms. The van der Waals surface area contributed by atoms with Crippen LogP contribution < -0.4 is 21.2 Å². The summed E-state index contributed by atoms with van der Waals surface area (Å²) in [5, 5.41) is 8.42. The molecular formula is C10H8ClN5. The van der Waals surface area contributed by atoms with Gasteiger partial charge in [0.2, 0.25) is 0 Å². The van der Waals surface area contributed by atoms with Crippen LogP contribution >= 0.6 is 11.6 Å². The molecule has 0 spiro atoms. The number of nitrogens with one attached hydrogen (secondary N) is 1. The van der Waals surface area contributed by atoms with Gasteiger partial charge in [0.05, 0.1) is 11.6 Å². The number of rotatable bonds is 1. The molecule has 1 aromatic carbocycles. The van der Waals surface area contributed by atoms with Crippen molar-refractivity contribution in [2.45, 2.75) is 0 Å². The molecule has 0 bridgehead atoms. The minimum atomic E-state index is 0.675. The fraction of sp³-hybridized carbons (Fsp3) is 0. The van der Waals surface area contributed by atoms with Crippen molar-refractivity contribution in [2.75, 3.05) is 5.12 Å². The van der Waals surface area contributed by atoms with Crippen LogP contribution in [0, 0.1) is 0 Å². The zero-order chi connectivity index (χ0) is 11.0. The third-order valence-corrected chi connectivity index (χ3v) is 2.50. The number of fused-ring (bicyclic) bond motifs is 1. The van der Waals surface area contributed by atoms with E-state index in [1.807, 2.05) is 30.6 Å². The molecule has 0 saturated carbocycles. The minimum Gasteiger partial charge on any atom is -0.243 e. The van der Waals surface area contributed by atoms with Gasteiger partial charge in [0.1, 0.15) is 6.33 Å². The highest BCUT2D eigenvalue weighted by atomic mass is 35.5. The van der Waals surface area contributed by atoms with E-state index >= 15 is 0 Å².